The van der Waals surface area contributed by atoms with Crippen LogP contribution in [0.15, 0.2) is 24.3 Å². The number of likely N-dealkylation sites (tertiary alicyclic amines) is 1. The maximum atomic E-state index is 12.9. The van der Waals surface area contributed by atoms with E-state index in [1.807, 2.05) is 19.1 Å². The van der Waals surface area contributed by atoms with Gasteiger partial charge in [-0.3, -0.25) is 9.69 Å². The highest BCUT2D eigenvalue weighted by atomic mass is 35.5. The fourth-order valence-electron chi connectivity index (χ4n) is 2.69. The molecule has 0 aromatic heterocycles. The van der Waals surface area contributed by atoms with Crippen LogP contribution in [0, 0.1) is 11.7 Å². The smallest absolute Gasteiger partial charge is 0.320 e. The molecule has 2 rings (SSSR count). The van der Waals surface area contributed by atoms with Crippen molar-refractivity contribution >= 4 is 18.4 Å². The van der Waals surface area contributed by atoms with Crippen LogP contribution in [0.1, 0.15) is 25.3 Å². The van der Waals surface area contributed by atoms with E-state index in [1.165, 1.54) is 17.7 Å². The Hall–Kier alpha value is -1.13. The molecule has 5 heteroatoms. The Bertz CT molecular complexity index is 430. The first-order chi connectivity index (χ1) is 9.67. The molecule has 1 aliphatic heterocycles. The van der Waals surface area contributed by atoms with Crippen LogP contribution in [0.25, 0.3) is 0 Å². The Morgan fingerprint density at radius 2 is 1.90 bits per heavy atom. The highest BCUT2D eigenvalue weighted by molar-refractivity contribution is 5.85. The van der Waals surface area contributed by atoms with Crippen molar-refractivity contribution in [3.63, 3.8) is 0 Å². The number of esters is 1. The van der Waals surface area contributed by atoms with Crippen LogP contribution in [0.4, 0.5) is 4.39 Å². The number of halogens is 2. The Morgan fingerprint density at radius 3 is 2.48 bits per heavy atom. The zero-order valence-electron chi connectivity index (χ0n) is 12.4. The fraction of sp³-hybridized carbons (Fsp3) is 0.562. The van der Waals surface area contributed by atoms with Gasteiger partial charge in [-0.25, -0.2) is 4.39 Å². The van der Waals surface area contributed by atoms with Crippen LogP contribution in [-0.4, -0.2) is 37.1 Å². The van der Waals surface area contributed by atoms with Gasteiger partial charge in [0.15, 0.2) is 0 Å². The van der Waals surface area contributed by atoms with Gasteiger partial charge >= 0.3 is 5.97 Å². The number of hydrogen-bond acceptors (Lipinski definition) is 3. The lowest BCUT2D eigenvalue weighted by Gasteiger charge is -2.31. The quantitative estimate of drug-likeness (QED) is 0.782. The minimum atomic E-state index is -0.182. The predicted octanol–water partition coefficient (Wildman–Crippen LogP) is 3.07. The third-order valence-electron chi connectivity index (χ3n) is 3.80. The Morgan fingerprint density at radius 1 is 1.29 bits per heavy atom. The second kappa shape index (κ2) is 9.00. The number of carbonyl (C=O) groups excluding carboxylic acids is 1. The van der Waals surface area contributed by atoms with Crippen molar-refractivity contribution < 1.29 is 13.9 Å². The molecular formula is C16H23ClFNO2. The van der Waals surface area contributed by atoms with E-state index in [1.54, 1.807) is 0 Å². The lowest BCUT2D eigenvalue weighted by atomic mass is 9.90. The molecule has 21 heavy (non-hydrogen) atoms. The van der Waals surface area contributed by atoms with Gasteiger partial charge in [-0.05, 0) is 62.9 Å². The minimum Gasteiger partial charge on any atom is -0.465 e. The number of benzene rings is 1. The first kappa shape index (κ1) is 17.9. The first-order valence-electron chi connectivity index (χ1n) is 7.29. The third kappa shape index (κ3) is 6.02. The van der Waals surface area contributed by atoms with Crippen molar-refractivity contribution in [2.45, 2.75) is 26.2 Å². The SMILES string of the molecule is CCOC(=O)CN1CCC(Cc2ccc(F)cc2)CC1.Cl. The number of ether oxygens (including phenoxy) is 1. The Kier molecular flexibility index (Phi) is 7.68. The molecule has 1 saturated heterocycles. The highest BCUT2D eigenvalue weighted by Gasteiger charge is 2.21. The molecule has 3 nitrogen and oxygen atoms in total. The molecule has 118 valence electrons. The van der Waals surface area contributed by atoms with Gasteiger partial charge in [0.05, 0.1) is 13.2 Å². The minimum absolute atomic E-state index is 0. The van der Waals surface area contributed by atoms with E-state index in [0.717, 1.165) is 32.4 Å². The molecule has 0 spiro atoms. The van der Waals surface area contributed by atoms with Crippen LogP contribution in [0.5, 0.6) is 0 Å². The van der Waals surface area contributed by atoms with Gasteiger partial charge in [0.25, 0.3) is 0 Å². The fourth-order valence-corrected chi connectivity index (χ4v) is 2.69. The van der Waals surface area contributed by atoms with E-state index in [0.29, 0.717) is 19.1 Å². The van der Waals surface area contributed by atoms with Gasteiger partial charge in [-0.2, -0.15) is 0 Å². The van der Waals surface area contributed by atoms with E-state index in [9.17, 15) is 9.18 Å². The number of rotatable bonds is 5. The van der Waals surface area contributed by atoms with E-state index in [-0.39, 0.29) is 24.2 Å². The molecule has 1 aliphatic rings. The van der Waals surface area contributed by atoms with Crippen molar-refractivity contribution in [1.29, 1.82) is 0 Å². The van der Waals surface area contributed by atoms with Crippen LogP contribution in [0.3, 0.4) is 0 Å². The molecule has 1 aromatic rings. The number of hydrogen-bond donors (Lipinski definition) is 0. The monoisotopic (exact) mass is 315 g/mol. The van der Waals surface area contributed by atoms with Crippen molar-refractivity contribution in [3.8, 4) is 0 Å². The summed E-state index contributed by atoms with van der Waals surface area (Å²) >= 11 is 0. The summed E-state index contributed by atoms with van der Waals surface area (Å²) in [6.45, 7) is 4.54. The summed E-state index contributed by atoms with van der Waals surface area (Å²) in [7, 11) is 0. The van der Waals surface area contributed by atoms with Gasteiger partial charge in [0.2, 0.25) is 0 Å². The predicted molar refractivity (Wildman–Crippen MR) is 83.1 cm³/mol. The number of piperidine rings is 1. The molecule has 0 N–H and O–H groups in total. The maximum Gasteiger partial charge on any atom is 0.320 e. The number of nitrogens with zero attached hydrogens (tertiary/aromatic N) is 1. The zero-order valence-corrected chi connectivity index (χ0v) is 13.2. The average Bonchev–Trinajstić information content (AvgIpc) is 2.44. The molecular weight excluding hydrogens is 293 g/mol. The third-order valence-corrected chi connectivity index (χ3v) is 3.80. The zero-order chi connectivity index (χ0) is 14.4. The van der Waals surface area contributed by atoms with Crippen LogP contribution in [0.2, 0.25) is 0 Å². The van der Waals surface area contributed by atoms with Gasteiger partial charge in [0.1, 0.15) is 5.82 Å². The molecule has 0 bridgehead atoms. The van der Waals surface area contributed by atoms with Gasteiger partial charge in [-0.1, -0.05) is 12.1 Å². The van der Waals surface area contributed by atoms with Crippen molar-refractivity contribution in [3.05, 3.63) is 35.6 Å². The van der Waals surface area contributed by atoms with Crippen LogP contribution < -0.4 is 0 Å². The summed E-state index contributed by atoms with van der Waals surface area (Å²) in [6.07, 6.45) is 3.15. The molecule has 0 aliphatic carbocycles. The summed E-state index contributed by atoms with van der Waals surface area (Å²) in [6, 6.07) is 6.76. The molecule has 1 heterocycles. The molecule has 0 amide bonds. The topological polar surface area (TPSA) is 29.5 Å². The van der Waals surface area contributed by atoms with Crippen molar-refractivity contribution in [1.82, 2.24) is 4.90 Å². The summed E-state index contributed by atoms with van der Waals surface area (Å²) < 4.78 is 17.8. The highest BCUT2D eigenvalue weighted by Crippen LogP contribution is 2.21. The van der Waals surface area contributed by atoms with Gasteiger partial charge in [-0.15, -0.1) is 12.4 Å². The largest absolute Gasteiger partial charge is 0.465 e. The van der Waals surface area contributed by atoms with E-state index in [2.05, 4.69) is 4.90 Å². The van der Waals surface area contributed by atoms with E-state index in [4.69, 9.17) is 4.74 Å². The Labute approximate surface area is 131 Å². The normalized spacial score (nSPS) is 16.3. The van der Waals surface area contributed by atoms with E-state index < -0.39 is 0 Å². The lowest BCUT2D eigenvalue weighted by Crippen LogP contribution is -2.38. The lowest BCUT2D eigenvalue weighted by molar-refractivity contribution is -0.144. The van der Waals surface area contributed by atoms with Crippen molar-refractivity contribution in [2.75, 3.05) is 26.2 Å². The maximum absolute atomic E-state index is 12.9. The van der Waals surface area contributed by atoms with Crippen LogP contribution >= 0.6 is 12.4 Å². The molecule has 0 unspecified atom stereocenters. The summed E-state index contributed by atoms with van der Waals surface area (Å²) in [5.74, 6) is 0.307. The first-order valence-corrected chi connectivity index (χ1v) is 7.29. The average molecular weight is 316 g/mol. The Balaban J connectivity index is 0.00000220. The summed E-state index contributed by atoms with van der Waals surface area (Å²) in [5.41, 5.74) is 1.19. The number of carbonyl (C=O) groups is 1. The standard InChI is InChI=1S/C16H22FNO2.ClH/c1-2-20-16(19)12-18-9-7-14(8-10-18)11-13-3-5-15(17)6-4-13;/h3-6,14H,2,7-12H2,1H3;1H. The molecule has 0 atom stereocenters. The second-order valence-electron chi connectivity index (χ2n) is 5.36. The summed E-state index contributed by atoms with van der Waals surface area (Å²) in [5, 5.41) is 0. The summed E-state index contributed by atoms with van der Waals surface area (Å²) in [4.78, 5) is 13.6. The molecule has 0 radical (unpaired) electrons. The van der Waals surface area contributed by atoms with Crippen LogP contribution in [-0.2, 0) is 16.0 Å². The van der Waals surface area contributed by atoms with Gasteiger partial charge in [0, 0.05) is 0 Å². The molecule has 0 saturated carbocycles. The second-order valence-corrected chi connectivity index (χ2v) is 5.36. The van der Waals surface area contributed by atoms with Crippen molar-refractivity contribution in [2.24, 2.45) is 5.92 Å². The van der Waals surface area contributed by atoms with E-state index >= 15 is 0 Å². The van der Waals surface area contributed by atoms with Gasteiger partial charge < -0.3 is 4.74 Å². The molecule has 1 fully saturated rings. The molecule has 1 aromatic carbocycles.